The molecule has 2 aromatic carbocycles. The number of imidazole rings is 1. The molecule has 0 spiro atoms. The van der Waals surface area contributed by atoms with E-state index in [0.717, 1.165) is 28.1 Å². The number of benzene rings is 2. The van der Waals surface area contributed by atoms with E-state index >= 15 is 0 Å². The number of carbonyl (C=O) groups excluding carboxylic acids is 1. The summed E-state index contributed by atoms with van der Waals surface area (Å²) in [5.41, 5.74) is 3.85. The van der Waals surface area contributed by atoms with Crippen molar-refractivity contribution in [3.8, 4) is 0 Å². The number of anilines is 1. The molecule has 4 rings (SSSR count). The molecule has 3 aromatic rings. The summed E-state index contributed by atoms with van der Waals surface area (Å²) in [4.78, 5) is 19.5. The topological polar surface area (TPSA) is 47.4 Å². The number of rotatable bonds is 5. The van der Waals surface area contributed by atoms with Gasteiger partial charge >= 0.3 is 0 Å². The number of carbonyl (C=O) groups is 1. The molecule has 1 fully saturated rings. The Kier molecular flexibility index (Phi) is 4.89. The lowest BCUT2D eigenvalue weighted by Crippen LogP contribution is -2.25. The number of methoxy groups -OCH3 is 1. The van der Waals surface area contributed by atoms with Crippen LogP contribution < -0.4 is 4.90 Å². The van der Waals surface area contributed by atoms with Gasteiger partial charge in [0.25, 0.3) is 0 Å². The van der Waals surface area contributed by atoms with Crippen LogP contribution in [0.25, 0.3) is 11.0 Å². The van der Waals surface area contributed by atoms with Crippen LogP contribution in [0.1, 0.15) is 23.7 Å². The van der Waals surface area contributed by atoms with E-state index in [9.17, 15) is 4.79 Å². The zero-order chi connectivity index (χ0) is 19.0. The minimum Gasteiger partial charge on any atom is -0.383 e. The summed E-state index contributed by atoms with van der Waals surface area (Å²) in [5, 5.41) is 0.677. The molecule has 1 aromatic heterocycles. The first-order chi connectivity index (χ1) is 13.1. The first kappa shape index (κ1) is 18.0. The van der Waals surface area contributed by atoms with Gasteiger partial charge in [-0.15, -0.1) is 0 Å². The number of hydrogen-bond acceptors (Lipinski definition) is 3. The van der Waals surface area contributed by atoms with E-state index in [2.05, 4.69) is 10.6 Å². The van der Waals surface area contributed by atoms with Gasteiger partial charge in [-0.25, -0.2) is 4.98 Å². The Morgan fingerprint density at radius 2 is 2.04 bits per heavy atom. The highest BCUT2D eigenvalue weighted by molar-refractivity contribution is 6.31. The summed E-state index contributed by atoms with van der Waals surface area (Å²) in [7, 11) is 1.70. The van der Waals surface area contributed by atoms with Crippen molar-refractivity contribution < 1.29 is 9.53 Å². The molecule has 1 aliphatic heterocycles. The van der Waals surface area contributed by atoms with Gasteiger partial charge in [0.15, 0.2) is 0 Å². The van der Waals surface area contributed by atoms with Crippen LogP contribution in [0.3, 0.4) is 0 Å². The van der Waals surface area contributed by atoms with Crippen molar-refractivity contribution in [1.82, 2.24) is 9.55 Å². The predicted octanol–water partition coefficient (Wildman–Crippen LogP) is 4.17. The van der Waals surface area contributed by atoms with Crippen molar-refractivity contribution in [1.29, 1.82) is 0 Å². The molecule has 0 radical (unpaired) electrons. The Balaban J connectivity index is 1.70. The fraction of sp³-hybridized carbons (Fsp3) is 0.333. The van der Waals surface area contributed by atoms with Gasteiger partial charge in [-0.3, -0.25) is 4.79 Å². The Bertz CT molecular complexity index is 998. The largest absolute Gasteiger partial charge is 0.383 e. The molecule has 2 heterocycles. The van der Waals surface area contributed by atoms with E-state index in [1.165, 1.54) is 0 Å². The monoisotopic (exact) mass is 383 g/mol. The zero-order valence-electron chi connectivity index (χ0n) is 15.5. The SMILES string of the molecule is COCCn1c([C@H]2CC(=O)N(c3cccc(Cl)c3C)C2)nc2ccccc21. The Hall–Kier alpha value is -2.37. The Morgan fingerprint density at radius 1 is 1.22 bits per heavy atom. The predicted molar refractivity (Wildman–Crippen MR) is 108 cm³/mol. The standard InChI is InChI=1S/C21H22ClN3O2/c1-14-16(22)6-5-9-18(14)25-13-15(12-20(25)26)21-23-17-7-3-4-8-19(17)24(21)10-11-27-2/h3-9,15H,10-13H2,1-2H3/t15-/m0/s1. The highest BCUT2D eigenvalue weighted by Gasteiger charge is 2.35. The summed E-state index contributed by atoms with van der Waals surface area (Å²) in [6.45, 7) is 3.88. The first-order valence-corrected chi connectivity index (χ1v) is 9.47. The molecule has 6 heteroatoms. The molecule has 140 valence electrons. The minimum absolute atomic E-state index is 0.0418. The molecule has 0 N–H and O–H groups in total. The number of halogens is 1. The van der Waals surface area contributed by atoms with E-state index in [1.54, 1.807) is 7.11 Å². The Morgan fingerprint density at radius 3 is 2.85 bits per heavy atom. The van der Waals surface area contributed by atoms with E-state index in [-0.39, 0.29) is 11.8 Å². The molecule has 1 saturated heterocycles. The average molecular weight is 384 g/mol. The van der Waals surface area contributed by atoms with Crippen molar-refractivity contribution in [2.45, 2.75) is 25.8 Å². The zero-order valence-corrected chi connectivity index (χ0v) is 16.2. The first-order valence-electron chi connectivity index (χ1n) is 9.09. The highest BCUT2D eigenvalue weighted by Crippen LogP contribution is 2.36. The van der Waals surface area contributed by atoms with Crippen molar-refractivity contribution in [2.75, 3.05) is 25.2 Å². The third kappa shape index (κ3) is 3.22. The summed E-state index contributed by atoms with van der Waals surface area (Å²) in [5.74, 6) is 1.10. The van der Waals surface area contributed by atoms with Crippen molar-refractivity contribution >= 4 is 34.2 Å². The number of aromatic nitrogens is 2. The van der Waals surface area contributed by atoms with Crippen LogP contribution in [-0.4, -0.2) is 35.7 Å². The maximum absolute atomic E-state index is 12.8. The fourth-order valence-corrected chi connectivity index (χ4v) is 3.99. The van der Waals surface area contributed by atoms with Crippen LogP contribution in [0.2, 0.25) is 5.02 Å². The van der Waals surface area contributed by atoms with Crippen LogP contribution in [-0.2, 0) is 16.1 Å². The lowest BCUT2D eigenvalue weighted by atomic mass is 10.1. The average Bonchev–Trinajstić information content (AvgIpc) is 3.23. The minimum atomic E-state index is 0.0418. The number of para-hydroxylation sites is 2. The van der Waals surface area contributed by atoms with E-state index in [4.69, 9.17) is 21.3 Å². The van der Waals surface area contributed by atoms with Crippen LogP contribution in [0, 0.1) is 6.92 Å². The van der Waals surface area contributed by atoms with Crippen molar-refractivity contribution in [2.24, 2.45) is 0 Å². The highest BCUT2D eigenvalue weighted by atomic mass is 35.5. The molecule has 1 atom stereocenters. The normalized spacial score (nSPS) is 17.2. The number of hydrogen-bond donors (Lipinski definition) is 0. The van der Waals surface area contributed by atoms with Crippen molar-refractivity contribution in [3.05, 3.63) is 58.9 Å². The maximum Gasteiger partial charge on any atom is 0.227 e. The summed E-state index contributed by atoms with van der Waals surface area (Å²) in [6.07, 6.45) is 0.447. The van der Waals surface area contributed by atoms with Crippen LogP contribution >= 0.6 is 11.6 Å². The second-order valence-electron chi connectivity index (χ2n) is 6.89. The second kappa shape index (κ2) is 7.33. The molecule has 0 saturated carbocycles. The molecule has 27 heavy (non-hydrogen) atoms. The molecular formula is C21H22ClN3O2. The smallest absolute Gasteiger partial charge is 0.227 e. The van der Waals surface area contributed by atoms with E-state index in [1.807, 2.05) is 48.2 Å². The van der Waals surface area contributed by atoms with Gasteiger partial charge < -0.3 is 14.2 Å². The fourth-order valence-electron chi connectivity index (χ4n) is 3.83. The molecular weight excluding hydrogens is 362 g/mol. The maximum atomic E-state index is 12.8. The molecule has 1 aliphatic rings. The molecule has 5 nitrogen and oxygen atoms in total. The quantitative estimate of drug-likeness (QED) is 0.664. The second-order valence-corrected chi connectivity index (χ2v) is 7.30. The summed E-state index contributed by atoms with van der Waals surface area (Å²) in [6, 6.07) is 13.8. The van der Waals surface area contributed by atoms with Gasteiger partial charge in [0, 0.05) is 43.2 Å². The van der Waals surface area contributed by atoms with Gasteiger partial charge in [0.2, 0.25) is 5.91 Å². The van der Waals surface area contributed by atoms with Gasteiger partial charge in [-0.2, -0.15) is 0 Å². The van der Waals surface area contributed by atoms with Crippen molar-refractivity contribution in [3.63, 3.8) is 0 Å². The molecule has 0 bridgehead atoms. The third-order valence-electron chi connectivity index (χ3n) is 5.22. The van der Waals surface area contributed by atoms with Crippen LogP contribution in [0.4, 0.5) is 5.69 Å². The summed E-state index contributed by atoms with van der Waals surface area (Å²) < 4.78 is 7.47. The lowest BCUT2D eigenvalue weighted by molar-refractivity contribution is -0.117. The number of fused-ring (bicyclic) bond motifs is 1. The number of nitrogens with zero attached hydrogens (tertiary/aromatic N) is 3. The third-order valence-corrected chi connectivity index (χ3v) is 5.63. The van der Waals surface area contributed by atoms with Gasteiger partial charge in [-0.1, -0.05) is 29.8 Å². The molecule has 0 aliphatic carbocycles. The van der Waals surface area contributed by atoms with Gasteiger partial charge in [0.05, 0.1) is 17.6 Å². The van der Waals surface area contributed by atoms with Gasteiger partial charge in [0.1, 0.15) is 5.82 Å². The van der Waals surface area contributed by atoms with E-state index < -0.39 is 0 Å². The van der Waals surface area contributed by atoms with Gasteiger partial charge in [-0.05, 0) is 36.8 Å². The number of ether oxygens (including phenoxy) is 1. The molecule has 1 amide bonds. The van der Waals surface area contributed by atoms with Crippen LogP contribution in [0.5, 0.6) is 0 Å². The summed E-state index contributed by atoms with van der Waals surface area (Å²) >= 11 is 6.26. The molecule has 0 unspecified atom stereocenters. The lowest BCUT2D eigenvalue weighted by Gasteiger charge is -2.20. The van der Waals surface area contributed by atoms with E-state index in [0.29, 0.717) is 31.1 Å². The Labute approximate surface area is 163 Å². The van der Waals surface area contributed by atoms with Crippen LogP contribution in [0.15, 0.2) is 42.5 Å². The number of amides is 1.